The zero-order valence-electron chi connectivity index (χ0n) is 17.5. The number of ether oxygens (including phenoxy) is 2. The highest BCUT2D eigenvalue weighted by Crippen LogP contribution is 2.22. The van der Waals surface area contributed by atoms with E-state index in [4.69, 9.17) is 9.47 Å². The quantitative estimate of drug-likeness (QED) is 0.756. The van der Waals surface area contributed by atoms with Crippen LogP contribution in [0.25, 0.3) is 0 Å². The lowest BCUT2D eigenvalue weighted by molar-refractivity contribution is 0.0880. The van der Waals surface area contributed by atoms with E-state index in [1.165, 1.54) is 31.4 Å². The van der Waals surface area contributed by atoms with Crippen LogP contribution in [0.4, 0.5) is 0 Å². The van der Waals surface area contributed by atoms with Gasteiger partial charge in [0.1, 0.15) is 5.69 Å². The highest BCUT2D eigenvalue weighted by molar-refractivity contribution is 5.92. The SMILES string of the molecule is COc1cc(C(=O)NC[C@@H](c2ccc(C)cc2)N2CCN(C)CC2)nc(OC)n1. The van der Waals surface area contributed by atoms with E-state index in [1.807, 2.05) is 0 Å². The van der Waals surface area contributed by atoms with Gasteiger partial charge in [0.15, 0.2) is 0 Å². The van der Waals surface area contributed by atoms with Crippen LogP contribution >= 0.6 is 0 Å². The number of nitrogens with zero attached hydrogens (tertiary/aromatic N) is 4. The number of hydrogen-bond donors (Lipinski definition) is 1. The number of carbonyl (C=O) groups excluding carboxylic acids is 1. The fraction of sp³-hybridized carbons (Fsp3) is 0.476. The number of rotatable bonds is 7. The molecule has 1 amide bonds. The van der Waals surface area contributed by atoms with E-state index in [0.717, 1.165) is 26.2 Å². The maximum absolute atomic E-state index is 12.8. The van der Waals surface area contributed by atoms with E-state index < -0.39 is 0 Å². The zero-order valence-corrected chi connectivity index (χ0v) is 17.5. The summed E-state index contributed by atoms with van der Waals surface area (Å²) in [7, 11) is 5.08. The van der Waals surface area contributed by atoms with Gasteiger partial charge in [0.05, 0.1) is 20.3 Å². The number of nitrogens with one attached hydrogen (secondary N) is 1. The monoisotopic (exact) mass is 399 g/mol. The molecule has 0 saturated carbocycles. The van der Waals surface area contributed by atoms with Crippen LogP contribution in [-0.4, -0.2) is 79.7 Å². The Labute approximate surface area is 171 Å². The topological polar surface area (TPSA) is 79.8 Å². The van der Waals surface area contributed by atoms with Crippen molar-refractivity contribution in [1.82, 2.24) is 25.1 Å². The van der Waals surface area contributed by atoms with Gasteiger partial charge in [-0.2, -0.15) is 9.97 Å². The molecule has 1 aromatic heterocycles. The third-order valence-electron chi connectivity index (χ3n) is 5.20. The summed E-state index contributed by atoms with van der Waals surface area (Å²) in [6.45, 7) is 6.50. The van der Waals surface area contributed by atoms with Crippen molar-refractivity contribution in [2.24, 2.45) is 0 Å². The number of amides is 1. The Kier molecular flexibility index (Phi) is 7.00. The Morgan fingerprint density at radius 3 is 2.41 bits per heavy atom. The molecular weight excluding hydrogens is 370 g/mol. The first-order chi connectivity index (χ1) is 14.0. The molecule has 0 bridgehead atoms. The molecule has 0 aliphatic carbocycles. The van der Waals surface area contributed by atoms with E-state index in [-0.39, 0.29) is 29.5 Å². The molecule has 1 aliphatic rings. The van der Waals surface area contributed by atoms with Crippen LogP contribution in [0.2, 0.25) is 0 Å². The first kappa shape index (κ1) is 21.0. The third kappa shape index (κ3) is 5.42. The van der Waals surface area contributed by atoms with Crippen molar-refractivity contribution in [3.63, 3.8) is 0 Å². The molecule has 1 saturated heterocycles. The lowest BCUT2D eigenvalue weighted by atomic mass is 10.0. The second-order valence-corrected chi connectivity index (χ2v) is 7.26. The Hall–Kier alpha value is -2.71. The molecular formula is C21H29N5O3. The maximum atomic E-state index is 12.8. The van der Waals surface area contributed by atoms with Gasteiger partial charge in [-0.15, -0.1) is 0 Å². The van der Waals surface area contributed by atoms with Crippen molar-refractivity contribution in [3.05, 3.63) is 47.2 Å². The standard InChI is InChI=1S/C21H29N5O3/c1-15-5-7-16(8-6-15)18(26-11-9-25(2)10-12-26)14-22-20(27)17-13-19(28-3)24-21(23-17)29-4/h5-8,13,18H,9-12,14H2,1-4H3,(H,22,27)/t18-/m0/s1. The molecule has 8 heteroatoms. The van der Waals surface area contributed by atoms with Gasteiger partial charge in [0.2, 0.25) is 5.88 Å². The van der Waals surface area contributed by atoms with Gasteiger partial charge in [0.25, 0.3) is 5.91 Å². The Morgan fingerprint density at radius 2 is 1.79 bits per heavy atom. The van der Waals surface area contributed by atoms with Crippen LogP contribution in [0.5, 0.6) is 11.9 Å². The van der Waals surface area contributed by atoms with Crippen molar-refractivity contribution in [3.8, 4) is 11.9 Å². The molecule has 3 rings (SSSR count). The molecule has 1 aliphatic heterocycles. The Morgan fingerprint density at radius 1 is 1.10 bits per heavy atom. The summed E-state index contributed by atoms with van der Waals surface area (Å²) in [4.78, 5) is 25.7. The lowest BCUT2D eigenvalue weighted by Crippen LogP contribution is -2.48. The van der Waals surface area contributed by atoms with Crippen LogP contribution in [0.3, 0.4) is 0 Å². The van der Waals surface area contributed by atoms with Crippen molar-refractivity contribution in [2.75, 3.05) is 54.0 Å². The summed E-state index contributed by atoms with van der Waals surface area (Å²) >= 11 is 0. The molecule has 1 fully saturated rings. The van der Waals surface area contributed by atoms with E-state index in [9.17, 15) is 4.79 Å². The normalized spacial score (nSPS) is 16.3. The molecule has 1 N–H and O–H groups in total. The smallest absolute Gasteiger partial charge is 0.320 e. The summed E-state index contributed by atoms with van der Waals surface area (Å²) in [6.07, 6.45) is 0. The predicted octanol–water partition coefficient (Wildman–Crippen LogP) is 1.52. The molecule has 156 valence electrons. The zero-order chi connectivity index (χ0) is 20.8. The number of hydrogen-bond acceptors (Lipinski definition) is 7. The number of methoxy groups -OCH3 is 2. The Balaban J connectivity index is 1.75. The highest BCUT2D eigenvalue weighted by Gasteiger charge is 2.25. The van der Waals surface area contributed by atoms with Crippen LogP contribution < -0.4 is 14.8 Å². The molecule has 29 heavy (non-hydrogen) atoms. The highest BCUT2D eigenvalue weighted by atomic mass is 16.5. The van der Waals surface area contributed by atoms with E-state index in [1.54, 1.807) is 0 Å². The summed E-state index contributed by atoms with van der Waals surface area (Å²) in [5.74, 6) is 0.00592. The second-order valence-electron chi connectivity index (χ2n) is 7.26. The van der Waals surface area contributed by atoms with Gasteiger partial charge in [-0.3, -0.25) is 9.69 Å². The molecule has 2 heterocycles. The second kappa shape index (κ2) is 9.67. The first-order valence-corrected chi connectivity index (χ1v) is 9.74. The number of carbonyl (C=O) groups is 1. The summed E-state index contributed by atoms with van der Waals surface area (Å²) in [6, 6.07) is 10.2. The minimum atomic E-state index is -0.282. The van der Waals surface area contributed by atoms with Crippen molar-refractivity contribution < 1.29 is 14.3 Å². The van der Waals surface area contributed by atoms with Crippen LogP contribution in [0.1, 0.15) is 27.7 Å². The number of piperazine rings is 1. The molecule has 0 radical (unpaired) electrons. The number of aryl methyl sites for hydroxylation is 1. The molecule has 8 nitrogen and oxygen atoms in total. The van der Waals surface area contributed by atoms with Gasteiger partial charge in [-0.1, -0.05) is 29.8 Å². The van der Waals surface area contributed by atoms with Gasteiger partial charge in [-0.25, -0.2) is 0 Å². The number of benzene rings is 1. The summed E-state index contributed by atoms with van der Waals surface area (Å²) < 4.78 is 10.2. The first-order valence-electron chi connectivity index (χ1n) is 9.74. The minimum Gasteiger partial charge on any atom is -0.481 e. The lowest BCUT2D eigenvalue weighted by Gasteiger charge is -2.38. The minimum absolute atomic E-state index is 0.0962. The van der Waals surface area contributed by atoms with Gasteiger partial charge in [-0.05, 0) is 19.5 Å². The number of aromatic nitrogens is 2. The van der Waals surface area contributed by atoms with Crippen molar-refractivity contribution in [2.45, 2.75) is 13.0 Å². The third-order valence-corrected chi connectivity index (χ3v) is 5.20. The molecule has 0 spiro atoms. The van der Waals surface area contributed by atoms with Gasteiger partial charge >= 0.3 is 6.01 Å². The van der Waals surface area contributed by atoms with Gasteiger partial charge in [0, 0.05) is 38.8 Å². The maximum Gasteiger partial charge on any atom is 0.320 e. The average Bonchev–Trinajstić information content (AvgIpc) is 2.75. The van der Waals surface area contributed by atoms with Crippen LogP contribution in [0.15, 0.2) is 30.3 Å². The fourth-order valence-electron chi connectivity index (χ4n) is 3.38. The molecule has 1 atom stereocenters. The van der Waals surface area contributed by atoms with Crippen LogP contribution in [0, 0.1) is 6.92 Å². The van der Waals surface area contributed by atoms with Gasteiger partial charge < -0.3 is 19.7 Å². The molecule has 0 unspecified atom stereocenters. The largest absolute Gasteiger partial charge is 0.481 e. The summed E-state index contributed by atoms with van der Waals surface area (Å²) in [5, 5.41) is 3.03. The van der Waals surface area contributed by atoms with Crippen LogP contribution in [-0.2, 0) is 0 Å². The average molecular weight is 399 g/mol. The fourth-order valence-corrected chi connectivity index (χ4v) is 3.38. The predicted molar refractivity (Wildman–Crippen MR) is 110 cm³/mol. The molecule has 2 aromatic rings. The van der Waals surface area contributed by atoms with Crippen molar-refractivity contribution >= 4 is 5.91 Å². The van der Waals surface area contributed by atoms with Crippen molar-refractivity contribution in [1.29, 1.82) is 0 Å². The molecule has 1 aromatic carbocycles. The Bertz CT molecular complexity index is 797. The van der Waals surface area contributed by atoms with E-state index >= 15 is 0 Å². The van der Waals surface area contributed by atoms with E-state index in [0.29, 0.717) is 6.54 Å². The summed E-state index contributed by atoms with van der Waals surface area (Å²) in [5.41, 5.74) is 2.63. The van der Waals surface area contributed by atoms with E-state index in [2.05, 4.69) is 63.3 Å². The number of likely N-dealkylation sites (N-methyl/N-ethyl adjacent to an activating group) is 1.